The predicted molar refractivity (Wildman–Crippen MR) is 104 cm³/mol. The van der Waals surface area contributed by atoms with Crippen molar-refractivity contribution in [3.05, 3.63) is 33.3 Å². The minimum absolute atomic E-state index is 0.185. The predicted octanol–water partition coefficient (Wildman–Crippen LogP) is 5.28. The molecule has 0 radical (unpaired) electrons. The Morgan fingerprint density at radius 1 is 1.25 bits per heavy atom. The van der Waals surface area contributed by atoms with Crippen molar-refractivity contribution in [3.8, 4) is 0 Å². The molecule has 2 N–H and O–H groups in total. The zero-order valence-electron chi connectivity index (χ0n) is 15.1. The lowest BCUT2D eigenvalue weighted by molar-refractivity contribution is 0.0507. The summed E-state index contributed by atoms with van der Waals surface area (Å²) in [7, 11) is 0. The molecule has 1 aromatic carbocycles. The summed E-state index contributed by atoms with van der Waals surface area (Å²) in [6.07, 6.45) is 1.40. The third-order valence-electron chi connectivity index (χ3n) is 3.99. The number of rotatable bonds is 7. The van der Waals surface area contributed by atoms with E-state index in [1.165, 1.54) is 0 Å². The Bertz CT molecular complexity index is 554. The van der Waals surface area contributed by atoms with E-state index in [-0.39, 0.29) is 11.6 Å². The van der Waals surface area contributed by atoms with Gasteiger partial charge < -0.3 is 15.4 Å². The Morgan fingerprint density at radius 2 is 1.88 bits per heavy atom. The van der Waals surface area contributed by atoms with Crippen molar-refractivity contribution in [1.82, 2.24) is 10.6 Å². The topological polar surface area (TPSA) is 50.4 Å². The molecule has 0 aliphatic rings. The number of halogens is 2. The fraction of sp³-hybridized carbons (Fsp3) is 0.611. The monoisotopic (exact) mass is 418 g/mol. The Kier molecular flexibility index (Phi) is 8.03. The van der Waals surface area contributed by atoms with Gasteiger partial charge in [-0.1, -0.05) is 47.4 Å². The van der Waals surface area contributed by atoms with Crippen molar-refractivity contribution in [1.29, 1.82) is 0 Å². The van der Waals surface area contributed by atoms with E-state index in [1.807, 2.05) is 39.0 Å². The smallest absolute Gasteiger partial charge is 0.407 e. The van der Waals surface area contributed by atoms with Crippen molar-refractivity contribution >= 4 is 33.6 Å². The summed E-state index contributed by atoms with van der Waals surface area (Å²) in [5.41, 5.74) is 0.450. The number of benzene rings is 1. The summed E-state index contributed by atoms with van der Waals surface area (Å²) >= 11 is 9.53. The molecule has 1 amide bonds. The Hall–Kier alpha value is -0.780. The van der Waals surface area contributed by atoms with Crippen molar-refractivity contribution in [3.63, 3.8) is 0 Å². The van der Waals surface area contributed by atoms with Crippen LogP contribution in [0.4, 0.5) is 4.79 Å². The molecule has 0 unspecified atom stereocenters. The Morgan fingerprint density at radius 3 is 2.38 bits per heavy atom. The van der Waals surface area contributed by atoms with E-state index in [1.54, 1.807) is 0 Å². The zero-order valence-corrected chi connectivity index (χ0v) is 17.5. The first-order chi connectivity index (χ1) is 11.1. The molecule has 0 spiro atoms. The van der Waals surface area contributed by atoms with Gasteiger partial charge in [-0.3, -0.25) is 0 Å². The number of nitrogens with one attached hydrogen (secondary N) is 2. The molecule has 0 atom stereocenters. The van der Waals surface area contributed by atoms with Crippen LogP contribution < -0.4 is 10.6 Å². The number of carbonyl (C=O) groups excluding carboxylic acids is 1. The molecule has 0 saturated carbocycles. The highest BCUT2D eigenvalue weighted by atomic mass is 79.9. The molecule has 6 heteroatoms. The number of carbonyl (C=O) groups is 1. The van der Waals surface area contributed by atoms with Gasteiger partial charge in [0.1, 0.15) is 5.60 Å². The fourth-order valence-electron chi connectivity index (χ4n) is 2.32. The van der Waals surface area contributed by atoms with E-state index in [9.17, 15) is 4.79 Å². The molecule has 0 heterocycles. The van der Waals surface area contributed by atoms with E-state index in [2.05, 4.69) is 40.4 Å². The molecule has 0 saturated heterocycles. The zero-order chi connectivity index (χ0) is 18.4. The minimum Gasteiger partial charge on any atom is -0.444 e. The van der Waals surface area contributed by atoms with Gasteiger partial charge in [-0.05, 0) is 51.3 Å². The van der Waals surface area contributed by atoms with E-state index < -0.39 is 5.60 Å². The van der Waals surface area contributed by atoms with E-state index >= 15 is 0 Å². The summed E-state index contributed by atoms with van der Waals surface area (Å²) in [6.45, 7) is 11.0. The van der Waals surface area contributed by atoms with Crippen LogP contribution in [0.1, 0.15) is 53.0 Å². The van der Waals surface area contributed by atoms with Crippen LogP contribution >= 0.6 is 27.5 Å². The van der Waals surface area contributed by atoms with Crippen LogP contribution in [0.3, 0.4) is 0 Å². The lowest BCUT2D eigenvalue weighted by atomic mass is 9.92. The summed E-state index contributed by atoms with van der Waals surface area (Å²) in [4.78, 5) is 11.9. The van der Waals surface area contributed by atoms with Gasteiger partial charge in [0.25, 0.3) is 0 Å². The van der Waals surface area contributed by atoms with Crippen LogP contribution in [-0.2, 0) is 11.3 Å². The molecule has 4 nitrogen and oxygen atoms in total. The van der Waals surface area contributed by atoms with Crippen LogP contribution in [-0.4, -0.2) is 23.8 Å². The second-order valence-electron chi connectivity index (χ2n) is 6.93. The van der Waals surface area contributed by atoms with Gasteiger partial charge in [0.2, 0.25) is 0 Å². The Labute approximate surface area is 158 Å². The van der Waals surface area contributed by atoms with Crippen molar-refractivity contribution < 1.29 is 9.53 Å². The standard InChI is InChI=1S/C18H28BrClN2O2/c1-6-18(7-2,12-21-16(23)24-17(3,4)5)22-11-13-8-9-14(20)10-15(13)19/h8-10,22H,6-7,11-12H2,1-5H3,(H,21,23). The first-order valence-electron chi connectivity index (χ1n) is 8.26. The maximum atomic E-state index is 11.9. The molecule has 0 aliphatic carbocycles. The molecular weight excluding hydrogens is 392 g/mol. The number of hydrogen-bond donors (Lipinski definition) is 2. The molecule has 24 heavy (non-hydrogen) atoms. The van der Waals surface area contributed by atoms with Crippen LogP contribution in [0.25, 0.3) is 0 Å². The van der Waals surface area contributed by atoms with Crippen molar-refractivity contribution in [2.75, 3.05) is 6.54 Å². The molecule has 0 aromatic heterocycles. The van der Waals surface area contributed by atoms with Gasteiger partial charge in [-0.25, -0.2) is 4.79 Å². The normalized spacial score (nSPS) is 12.1. The quantitative estimate of drug-likeness (QED) is 0.632. The summed E-state index contributed by atoms with van der Waals surface area (Å²) in [6, 6.07) is 5.76. The van der Waals surface area contributed by atoms with Gasteiger partial charge in [0.05, 0.1) is 0 Å². The third kappa shape index (κ3) is 6.99. The highest BCUT2D eigenvalue weighted by Crippen LogP contribution is 2.23. The fourth-order valence-corrected chi connectivity index (χ4v) is 3.14. The number of ether oxygens (including phenoxy) is 1. The molecule has 0 aliphatic heterocycles. The maximum absolute atomic E-state index is 11.9. The van der Waals surface area contributed by atoms with E-state index in [0.29, 0.717) is 18.1 Å². The third-order valence-corrected chi connectivity index (χ3v) is 4.97. The average molecular weight is 420 g/mol. The van der Waals surface area contributed by atoms with Crippen LogP contribution in [0.5, 0.6) is 0 Å². The molecule has 1 aromatic rings. The second-order valence-corrected chi connectivity index (χ2v) is 8.22. The number of hydrogen-bond acceptors (Lipinski definition) is 3. The lowest BCUT2D eigenvalue weighted by Gasteiger charge is -2.34. The van der Waals surface area contributed by atoms with Gasteiger partial charge in [-0.2, -0.15) is 0 Å². The molecule has 136 valence electrons. The van der Waals surface area contributed by atoms with Gasteiger partial charge in [-0.15, -0.1) is 0 Å². The van der Waals surface area contributed by atoms with E-state index in [0.717, 1.165) is 22.9 Å². The average Bonchev–Trinajstić information content (AvgIpc) is 2.48. The molecule has 0 fully saturated rings. The van der Waals surface area contributed by atoms with Gasteiger partial charge in [0.15, 0.2) is 0 Å². The second kappa shape index (κ2) is 9.07. The molecule has 0 bridgehead atoms. The molecule has 1 rings (SSSR count). The van der Waals surface area contributed by atoms with E-state index in [4.69, 9.17) is 16.3 Å². The van der Waals surface area contributed by atoms with Gasteiger partial charge in [0, 0.05) is 28.1 Å². The lowest BCUT2D eigenvalue weighted by Crippen LogP contribution is -2.53. The van der Waals surface area contributed by atoms with Crippen molar-refractivity contribution in [2.45, 2.75) is 65.1 Å². The largest absolute Gasteiger partial charge is 0.444 e. The number of amides is 1. The van der Waals surface area contributed by atoms with Crippen LogP contribution in [0, 0.1) is 0 Å². The molecular formula is C18H28BrClN2O2. The summed E-state index contributed by atoms with van der Waals surface area (Å²) in [5.74, 6) is 0. The first kappa shape index (κ1) is 21.3. The Balaban J connectivity index is 2.68. The summed E-state index contributed by atoms with van der Waals surface area (Å²) in [5, 5.41) is 7.17. The highest BCUT2D eigenvalue weighted by molar-refractivity contribution is 9.10. The minimum atomic E-state index is -0.493. The van der Waals surface area contributed by atoms with Crippen LogP contribution in [0.15, 0.2) is 22.7 Å². The van der Waals surface area contributed by atoms with Gasteiger partial charge >= 0.3 is 6.09 Å². The first-order valence-corrected chi connectivity index (χ1v) is 9.43. The highest BCUT2D eigenvalue weighted by Gasteiger charge is 2.27. The maximum Gasteiger partial charge on any atom is 0.407 e. The summed E-state index contributed by atoms with van der Waals surface area (Å²) < 4.78 is 6.29. The van der Waals surface area contributed by atoms with Crippen molar-refractivity contribution in [2.24, 2.45) is 0 Å². The number of alkyl carbamates (subject to hydrolysis) is 1. The SMILES string of the molecule is CCC(CC)(CNC(=O)OC(C)(C)C)NCc1ccc(Cl)cc1Br. The van der Waals surface area contributed by atoms with Crippen LogP contribution in [0.2, 0.25) is 5.02 Å².